The van der Waals surface area contributed by atoms with Crippen LogP contribution < -0.4 is 5.32 Å². The minimum absolute atomic E-state index is 0.0977. The molecule has 0 saturated heterocycles. The van der Waals surface area contributed by atoms with E-state index in [2.05, 4.69) is 12.2 Å². The molecule has 158 valence electrons. The van der Waals surface area contributed by atoms with Gasteiger partial charge in [-0.1, -0.05) is 87.1 Å². The Kier molecular flexibility index (Phi) is 9.19. The first-order valence-electron chi connectivity index (χ1n) is 10.2. The number of hydrogen-bond donors (Lipinski definition) is 1. The highest BCUT2D eigenvalue weighted by Gasteiger charge is 2.29. The fraction of sp³-hybridized carbons (Fsp3) is 0.435. The zero-order valence-electron chi connectivity index (χ0n) is 17.3. The predicted molar refractivity (Wildman–Crippen MR) is 115 cm³/mol. The first-order valence-corrected chi connectivity index (χ1v) is 11.8. The molecule has 5 nitrogen and oxygen atoms in total. The summed E-state index contributed by atoms with van der Waals surface area (Å²) in [6.45, 7) is 4.14. The Hall–Kier alpha value is -2.34. The Labute approximate surface area is 174 Å². The van der Waals surface area contributed by atoms with Gasteiger partial charge in [0.25, 0.3) is 0 Å². The third-order valence-electron chi connectivity index (χ3n) is 4.79. The summed E-state index contributed by atoms with van der Waals surface area (Å²) in [7, 11) is -3.70. The Morgan fingerprint density at radius 3 is 2.28 bits per heavy atom. The van der Waals surface area contributed by atoms with E-state index in [9.17, 15) is 13.2 Å². The van der Waals surface area contributed by atoms with Crippen LogP contribution in [0.15, 0.2) is 59.5 Å². The number of rotatable bonds is 11. The van der Waals surface area contributed by atoms with Crippen LogP contribution in [0.4, 0.5) is 4.79 Å². The summed E-state index contributed by atoms with van der Waals surface area (Å²) < 4.78 is 31.4. The largest absolute Gasteiger partial charge is 0.445 e. The molecule has 0 radical (unpaired) electrons. The average molecular weight is 418 g/mol. The summed E-state index contributed by atoms with van der Waals surface area (Å²) in [5.41, 5.74) is 1.83. The number of alkyl carbamates (subject to hydrolysis) is 1. The van der Waals surface area contributed by atoms with Gasteiger partial charge in [-0.25, -0.2) is 13.2 Å². The lowest BCUT2D eigenvalue weighted by atomic mass is 10.1. The molecule has 2 aromatic carbocycles. The third-order valence-corrected chi connectivity index (χ3v) is 6.82. The molecule has 0 fully saturated rings. The Morgan fingerprint density at radius 1 is 0.966 bits per heavy atom. The van der Waals surface area contributed by atoms with Gasteiger partial charge in [-0.2, -0.15) is 0 Å². The van der Waals surface area contributed by atoms with Crippen LogP contribution in [-0.2, 0) is 21.2 Å². The SMILES string of the molecule is CCCCCCCC(NC(=O)OCc1ccccc1)S(=O)(=O)c1ccc(C)cc1. The molecule has 1 amide bonds. The van der Waals surface area contributed by atoms with Gasteiger partial charge in [0, 0.05) is 0 Å². The maximum atomic E-state index is 13.1. The van der Waals surface area contributed by atoms with E-state index in [1.54, 1.807) is 24.3 Å². The van der Waals surface area contributed by atoms with Crippen LogP contribution in [0.3, 0.4) is 0 Å². The number of unbranched alkanes of at least 4 members (excludes halogenated alkanes) is 4. The number of amides is 1. The summed E-state index contributed by atoms with van der Waals surface area (Å²) >= 11 is 0. The zero-order valence-corrected chi connectivity index (χ0v) is 18.1. The molecule has 2 aromatic rings. The minimum atomic E-state index is -3.70. The fourth-order valence-corrected chi connectivity index (χ4v) is 4.60. The molecule has 1 atom stereocenters. The second-order valence-corrected chi connectivity index (χ2v) is 9.39. The van der Waals surface area contributed by atoms with Gasteiger partial charge in [0.2, 0.25) is 0 Å². The molecule has 29 heavy (non-hydrogen) atoms. The van der Waals surface area contributed by atoms with Crippen molar-refractivity contribution in [2.75, 3.05) is 0 Å². The lowest BCUT2D eigenvalue weighted by Gasteiger charge is -2.19. The maximum Gasteiger partial charge on any atom is 0.408 e. The second kappa shape index (κ2) is 11.6. The van der Waals surface area contributed by atoms with Crippen LogP contribution >= 0.6 is 0 Å². The highest BCUT2D eigenvalue weighted by atomic mass is 32.2. The first-order chi connectivity index (χ1) is 13.9. The molecule has 6 heteroatoms. The molecule has 0 aliphatic heterocycles. The number of nitrogens with one attached hydrogen (secondary N) is 1. The van der Waals surface area contributed by atoms with Crippen molar-refractivity contribution in [1.82, 2.24) is 5.32 Å². The topological polar surface area (TPSA) is 72.5 Å². The molecule has 1 N–H and O–H groups in total. The van der Waals surface area contributed by atoms with Crippen LogP contribution in [0.2, 0.25) is 0 Å². The van der Waals surface area contributed by atoms with Gasteiger partial charge >= 0.3 is 6.09 Å². The highest BCUT2D eigenvalue weighted by molar-refractivity contribution is 7.92. The number of aryl methyl sites for hydroxylation is 1. The summed E-state index contributed by atoms with van der Waals surface area (Å²) in [6.07, 6.45) is 4.62. The smallest absolute Gasteiger partial charge is 0.408 e. The van der Waals surface area contributed by atoms with Gasteiger partial charge in [0.1, 0.15) is 12.0 Å². The van der Waals surface area contributed by atoms with Crippen LogP contribution in [0.25, 0.3) is 0 Å². The summed E-state index contributed by atoms with van der Waals surface area (Å²) in [6, 6.07) is 16.0. The normalized spacial score (nSPS) is 12.3. The molecule has 0 aromatic heterocycles. The fourth-order valence-electron chi connectivity index (χ4n) is 3.03. The highest BCUT2D eigenvalue weighted by Crippen LogP contribution is 2.20. The van der Waals surface area contributed by atoms with Crippen molar-refractivity contribution in [2.24, 2.45) is 0 Å². The molecular weight excluding hydrogens is 386 g/mol. The summed E-state index contributed by atoms with van der Waals surface area (Å²) in [5, 5.41) is 1.58. The quantitative estimate of drug-likeness (QED) is 0.498. The van der Waals surface area contributed by atoms with E-state index in [4.69, 9.17) is 4.74 Å². The standard InChI is InChI=1S/C23H31NO4S/c1-3-4-5-6-10-13-22(29(26,27)21-16-14-19(2)15-17-21)24-23(25)28-18-20-11-8-7-9-12-20/h7-9,11-12,14-17,22H,3-6,10,13,18H2,1-2H3,(H,24,25). The molecule has 1 unspecified atom stereocenters. The van der Waals surface area contributed by atoms with Crippen molar-refractivity contribution < 1.29 is 17.9 Å². The van der Waals surface area contributed by atoms with E-state index < -0.39 is 21.3 Å². The monoisotopic (exact) mass is 417 g/mol. The van der Waals surface area contributed by atoms with Crippen molar-refractivity contribution in [2.45, 2.75) is 69.2 Å². The predicted octanol–water partition coefficient (Wildman–Crippen LogP) is 5.38. The van der Waals surface area contributed by atoms with E-state index in [0.29, 0.717) is 6.42 Å². The van der Waals surface area contributed by atoms with Crippen molar-refractivity contribution >= 4 is 15.9 Å². The van der Waals surface area contributed by atoms with Crippen molar-refractivity contribution in [3.8, 4) is 0 Å². The van der Waals surface area contributed by atoms with Crippen molar-refractivity contribution in [1.29, 1.82) is 0 Å². The zero-order chi connectivity index (χ0) is 21.1. The van der Waals surface area contributed by atoms with Gasteiger partial charge in [-0.3, -0.25) is 0 Å². The molecule has 0 saturated carbocycles. The Morgan fingerprint density at radius 2 is 1.62 bits per heavy atom. The number of hydrogen-bond acceptors (Lipinski definition) is 4. The van der Waals surface area contributed by atoms with Gasteiger partial charge in [-0.15, -0.1) is 0 Å². The van der Waals surface area contributed by atoms with E-state index >= 15 is 0 Å². The maximum absolute atomic E-state index is 13.1. The second-order valence-electron chi connectivity index (χ2n) is 7.26. The summed E-state index contributed by atoms with van der Waals surface area (Å²) in [4.78, 5) is 12.5. The van der Waals surface area contributed by atoms with Gasteiger partial charge in [0.15, 0.2) is 9.84 Å². The van der Waals surface area contributed by atoms with Crippen LogP contribution in [0.5, 0.6) is 0 Å². The first kappa shape index (κ1) is 22.9. The average Bonchev–Trinajstić information content (AvgIpc) is 2.72. The molecule has 0 aliphatic carbocycles. The van der Waals surface area contributed by atoms with Crippen LogP contribution in [-0.4, -0.2) is 19.9 Å². The number of benzene rings is 2. The number of ether oxygens (including phenoxy) is 1. The van der Waals surface area contributed by atoms with Gasteiger partial charge in [0.05, 0.1) is 4.90 Å². The molecular formula is C23H31NO4S. The lowest BCUT2D eigenvalue weighted by molar-refractivity contribution is 0.138. The third kappa shape index (κ3) is 7.54. The van der Waals surface area contributed by atoms with E-state index in [1.807, 2.05) is 37.3 Å². The van der Waals surface area contributed by atoms with Gasteiger partial charge < -0.3 is 10.1 Å². The Balaban J connectivity index is 2.05. The minimum Gasteiger partial charge on any atom is -0.445 e. The van der Waals surface area contributed by atoms with E-state index in [1.165, 1.54) is 0 Å². The number of carbonyl (C=O) groups excluding carboxylic acids is 1. The molecule has 2 rings (SSSR count). The number of sulfone groups is 1. The van der Waals surface area contributed by atoms with Crippen molar-refractivity contribution in [3.63, 3.8) is 0 Å². The van der Waals surface area contributed by atoms with Crippen LogP contribution in [0.1, 0.15) is 56.6 Å². The summed E-state index contributed by atoms with van der Waals surface area (Å²) in [5.74, 6) is 0. The molecule has 0 bridgehead atoms. The van der Waals surface area contributed by atoms with Gasteiger partial charge in [-0.05, 0) is 31.0 Å². The van der Waals surface area contributed by atoms with E-state index in [0.717, 1.165) is 43.2 Å². The molecule has 0 aliphatic rings. The van der Waals surface area contributed by atoms with Crippen LogP contribution in [0, 0.1) is 6.92 Å². The lowest BCUT2D eigenvalue weighted by Crippen LogP contribution is -2.41. The molecule has 0 spiro atoms. The molecule has 0 heterocycles. The van der Waals surface area contributed by atoms with E-state index in [-0.39, 0.29) is 11.5 Å². The Bertz CT molecular complexity index is 848. The number of carbonyl (C=O) groups is 1. The van der Waals surface area contributed by atoms with Crippen molar-refractivity contribution in [3.05, 3.63) is 65.7 Å².